The molecule has 2 aromatic rings. The zero-order valence-electron chi connectivity index (χ0n) is 8.22. The van der Waals surface area contributed by atoms with Crippen molar-refractivity contribution in [3.05, 3.63) is 48.3 Å². The number of nitrogen functional groups attached to an aromatic ring is 1. The van der Waals surface area contributed by atoms with E-state index in [1.54, 1.807) is 29.1 Å². The molecule has 4 nitrogen and oxygen atoms in total. The van der Waals surface area contributed by atoms with Gasteiger partial charge in [-0.3, -0.25) is 5.41 Å². The molecule has 0 saturated heterocycles. The first kappa shape index (κ1) is 12.2. The molecular weight excluding hydrogens is 231 g/mol. The molecule has 16 heavy (non-hydrogen) atoms. The minimum absolute atomic E-state index is 0. The number of rotatable bonds is 2. The minimum atomic E-state index is -0.506. The Balaban J connectivity index is 0.00000128. The summed E-state index contributed by atoms with van der Waals surface area (Å²) in [5.74, 6) is -0.800. The second-order valence-corrected chi connectivity index (χ2v) is 3.02. The van der Waals surface area contributed by atoms with Gasteiger partial charge in [0.1, 0.15) is 11.7 Å². The van der Waals surface area contributed by atoms with Crippen LogP contribution in [0.15, 0.2) is 36.9 Å². The van der Waals surface area contributed by atoms with Gasteiger partial charge in [0.25, 0.3) is 0 Å². The molecule has 0 bridgehead atoms. The van der Waals surface area contributed by atoms with E-state index >= 15 is 0 Å². The van der Waals surface area contributed by atoms with E-state index in [9.17, 15) is 4.39 Å². The molecule has 0 aliphatic rings. The highest BCUT2D eigenvalue weighted by molar-refractivity contribution is 5.98. The van der Waals surface area contributed by atoms with Crippen LogP contribution in [0.2, 0.25) is 0 Å². The number of amidine groups is 1. The van der Waals surface area contributed by atoms with Crippen molar-refractivity contribution in [3.63, 3.8) is 0 Å². The molecule has 0 fully saturated rings. The van der Waals surface area contributed by atoms with Gasteiger partial charge in [-0.2, -0.15) is 0 Å². The number of nitrogens with zero attached hydrogens (tertiary/aromatic N) is 2. The zero-order chi connectivity index (χ0) is 10.8. The Labute approximate surface area is 97.8 Å². The first-order valence-corrected chi connectivity index (χ1v) is 4.31. The smallest absolute Gasteiger partial charge is 0.136 e. The van der Waals surface area contributed by atoms with Gasteiger partial charge in [-0.05, 0) is 12.1 Å². The van der Waals surface area contributed by atoms with Crippen LogP contribution in [0.5, 0.6) is 0 Å². The number of nitrogens with one attached hydrogen (secondary N) is 1. The van der Waals surface area contributed by atoms with Crippen LogP contribution >= 0.6 is 12.4 Å². The average molecular weight is 241 g/mol. The predicted octanol–water partition coefficient (Wildman–Crippen LogP) is 1.72. The lowest BCUT2D eigenvalue weighted by atomic mass is 10.1. The van der Waals surface area contributed by atoms with Crippen molar-refractivity contribution in [2.45, 2.75) is 0 Å². The van der Waals surface area contributed by atoms with E-state index < -0.39 is 5.82 Å². The Morgan fingerprint density at radius 1 is 1.44 bits per heavy atom. The number of benzene rings is 1. The van der Waals surface area contributed by atoms with Crippen LogP contribution in [0.4, 0.5) is 4.39 Å². The normalized spacial score (nSPS) is 9.56. The van der Waals surface area contributed by atoms with Gasteiger partial charge in [-0.1, -0.05) is 6.07 Å². The van der Waals surface area contributed by atoms with E-state index in [0.29, 0.717) is 5.69 Å². The summed E-state index contributed by atoms with van der Waals surface area (Å²) in [5.41, 5.74) is 5.94. The second kappa shape index (κ2) is 4.76. The molecule has 3 N–H and O–H groups in total. The van der Waals surface area contributed by atoms with Crippen LogP contribution in [-0.4, -0.2) is 15.4 Å². The highest BCUT2D eigenvalue weighted by atomic mass is 35.5. The van der Waals surface area contributed by atoms with Crippen molar-refractivity contribution < 1.29 is 4.39 Å². The fourth-order valence-corrected chi connectivity index (χ4v) is 1.40. The standard InChI is InChI=1S/C10H9FN4.ClH/c11-7-2-1-3-8(9(7)10(12)13)15-5-4-14-6-15;/h1-6H,(H3,12,13);1H. The number of hydrogen-bond acceptors (Lipinski definition) is 2. The topological polar surface area (TPSA) is 67.7 Å². The maximum atomic E-state index is 13.4. The molecule has 84 valence electrons. The van der Waals surface area contributed by atoms with E-state index in [0.717, 1.165) is 0 Å². The lowest BCUT2D eigenvalue weighted by Crippen LogP contribution is -2.16. The van der Waals surface area contributed by atoms with Gasteiger partial charge in [0.2, 0.25) is 0 Å². The van der Waals surface area contributed by atoms with Crippen LogP contribution in [0, 0.1) is 11.2 Å². The van der Waals surface area contributed by atoms with Crippen molar-refractivity contribution in [1.82, 2.24) is 9.55 Å². The summed E-state index contributed by atoms with van der Waals surface area (Å²) in [6.45, 7) is 0. The molecule has 0 radical (unpaired) electrons. The largest absolute Gasteiger partial charge is 0.384 e. The Hall–Kier alpha value is -1.88. The van der Waals surface area contributed by atoms with E-state index in [4.69, 9.17) is 11.1 Å². The van der Waals surface area contributed by atoms with Gasteiger partial charge in [-0.15, -0.1) is 12.4 Å². The molecule has 1 aromatic carbocycles. The third-order valence-corrected chi connectivity index (χ3v) is 2.04. The molecule has 0 saturated carbocycles. The fourth-order valence-electron chi connectivity index (χ4n) is 1.40. The maximum absolute atomic E-state index is 13.4. The number of imidazole rings is 1. The molecule has 6 heteroatoms. The van der Waals surface area contributed by atoms with Crippen molar-refractivity contribution in [2.24, 2.45) is 5.73 Å². The van der Waals surface area contributed by atoms with Crippen LogP contribution in [0.1, 0.15) is 5.56 Å². The molecule has 2 rings (SSSR count). The lowest BCUT2D eigenvalue weighted by Gasteiger charge is -2.09. The summed E-state index contributed by atoms with van der Waals surface area (Å²) in [7, 11) is 0. The first-order chi connectivity index (χ1) is 7.20. The van der Waals surface area contributed by atoms with Crippen molar-refractivity contribution in [1.29, 1.82) is 5.41 Å². The van der Waals surface area contributed by atoms with Crippen LogP contribution in [-0.2, 0) is 0 Å². The fraction of sp³-hybridized carbons (Fsp3) is 0. The quantitative estimate of drug-likeness (QED) is 0.620. The molecule has 0 aliphatic heterocycles. The monoisotopic (exact) mass is 240 g/mol. The summed E-state index contributed by atoms with van der Waals surface area (Å²) in [6, 6.07) is 4.52. The van der Waals surface area contributed by atoms with Crippen molar-refractivity contribution >= 4 is 18.2 Å². The van der Waals surface area contributed by atoms with Crippen molar-refractivity contribution in [3.8, 4) is 5.69 Å². The average Bonchev–Trinajstić information content (AvgIpc) is 2.69. The van der Waals surface area contributed by atoms with E-state index in [1.807, 2.05) is 0 Å². The highest BCUT2D eigenvalue weighted by Crippen LogP contribution is 2.16. The Morgan fingerprint density at radius 2 is 2.19 bits per heavy atom. The van der Waals surface area contributed by atoms with Gasteiger partial charge < -0.3 is 10.3 Å². The molecule has 1 heterocycles. The van der Waals surface area contributed by atoms with Crippen molar-refractivity contribution in [2.75, 3.05) is 0 Å². The third kappa shape index (κ3) is 2.04. The number of aromatic nitrogens is 2. The lowest BCUT2D eigenvalue weighted by molar-refractivity contribution is 0.623. The summed E-state index contributed by atoms with van der Waals surface area (Å²) in [4.78, 5) is 3.86. The predicted molar refractivity (Wildman–Crippen MR) is 61.8 cm³/mol. The molecular formula is C10H10ClFN4. The van der Waals surface area contributed by atoms with Crippen LogP contribution < -0.4 is 5.73 Å². The maximum Gasteiger partial charge on any atom is 0.136 e. The molecule has 0 spiro atoms. The SMILES string of the molecule is Cl.N=C(N)c1c(F)cccc1-n1ccnc1. The first-order valence-electron chi connectivity index (χ1n) is 4.31. The molecule has 0 unspecified atom stereocenters. The summed E-state index contributed by atoms with van der Waals surface area (Å²) < 4.78 is 15.0. The number of nitrogens with two attached hydrogens (primary N) is 1. The minimum Gasteiger partial charge on any atom is -0.384 e. The van der Waals surface area contributed by atoms with Gasteiger partial charge in [0.15, 0.2) is 0 Å². The Kier molecular flexibility index (Phi) is 3.63. The summed E-state index contributed by atoms with van der Waals surface area (Å²) in [5, 5.41) is 7.32. The van der Waals surface area contributed by atoms with Gasteiger partial charge in [0.05, 0.1) is 17.6 Å². The highest BCUT2D eigenvalue weighted by Gasteiger charge is 2.11. The van der Waals surface area contributed by atoms with E-state index in [1.165, 1.54) is 12.4 Å². The number of hydrogen-bond donors (Lipinski definition) is 2. The summed E-state index contributed by atoms with van der Waals surface area (Å²) >= 11 is 0. The van der Waals surface area contributed by atoms with Gasteiger partial charge >= 0.3 is 0 Å². The van der Waals surface area contributed by atoms with Crippen LogP contribution in [0.3, 0.4) is 0 Å². The summed E-state index contributed by atoms with van der Waals surface area (Å²) in [6.07, 6.45) is 4.78. The Bertz CT molecular complexity index is 496. The molecule has 0 amide bonds. The molecule has 0 atom stereocenters. The molecule has 1 aromatic heterocycles. The third-order valence-electron chi connectivity index (χ3n) is 2.04. The second-order valence-electron chi connectivity index (χ2n) is 3.02. The van der Waals surface area contributed by atoms with Gasteiger partial charge in [0, 0.05) is 12.4 Å². The number of halogens is 2. The Morgan fingerprint density at radius 3 is 2.75 bits per heavy atom. The van der Waals surface area contributed by atoms with Crippen LogP contribution in [0.25, 0.3) is 5.69 Å². The van der Waals surface area contributed by atoms with Gasteiger partial charge in [-0.25, -0.2) is 9.37 Å². The van der Waals surface area contributed by atoms with E-state index in [-0.39, 0.29) is 23.8 Å². The van der Waals surface area contributed by atoms with E-state index in [2.05, 4.69) is 4.98 Å². The molecule has 0 aliphatic carbocycles. The zero-order valence-corrected chi connectivity index (χ0v) is 9.04.